The van der Waals surface area contributed by atoms with E-state index in [1.807, 2.05) is 0 Å². The fourth-order valence-electron chi connectivity index (χ4n) is 1.35. The average Bonchev–Trinajstić information content (AvgIpc) is 2.27. The van der Waals surface area contributed by atoms with Crippen molar-refractivity contribution in [1.82, 2.24) is 0 Å². The Morgan fingerprint density at radius 2 is 2.12 bits per heavy atom. The first-order chi connectivity index (χ1) is 7.61. The Morgan fingerprint density at radius 3 is 2.75 bits per heavy atom. The number of aliphatic imine (C=N–C) groups is 1. The van der Waals surface area contributed by atoms with Crippen molar-refractivity contribution in [2.45, 2.75) is 0 Å². The Balaban J connectivity index is 2.78. The first-order valence-corrected chi connectivity index (χ1v) is 4.40. The number of carboxylic acids is 1. The highest BCUT2D eigenvalue weighted by molar-refractivity contribution is 5.92. The number of aromatic carboxylic acids is 1. The molecule has 1 heterocycles. The van der Waals surface area contributed by atoms with Crippen LogP contribution in [-0.2, 0) is 0 Å². The molecule has 0 aliphatic heterocycles. The maximum atomic E-state index is 11.3. The van der Waals surface area contributed by atoms with Crippen molar-refractivity contribution < 1.29 is 14.3 Å². The van der Waals surface area contributed by atoms with Crippen molar-refractivity contribution in [3.8, 4) is 0 Å². The summed E-state index contributed by atoms with van der Waals surface area (Å²) < 4.78 is 4.87. The molecule has 0 aliphatic carbocycles. The van der Waals surface area contributed by atoms with Crippen LogP contribution in [-0.4, -0.2) is 17.8 Å². The molecule has 0 fully saturated rings. The number of hydrogen-bond donors (Lipinski definition) is 1. The molecule has 1 N–H and O–H groups in total. The summed E-state index contributed by atoms with van der Waals surface area (Å²) in [4.78, 5) is 25.7. The quantitative estimate of drug-likeness (QED) is 0.614. The summed E-state index contributed by atoms with van der Waals surface area (Å²) in [5.41, 5.74) is -0.411. The van der Waals surface area contributed by atoms with Gasteiger partial charge in [0.25, 0.3) is 0 Å². The lowest BCUT2D eigenvalue weighted by atomic mass is 10.2. The summed E-state index contributed by atoms with van der Waals surface area (Å²) in [5, 5.41) is 9.27. The Morgan fingerprint density at radius 1 is 1.38 bits per heavy atom. The third kappa shape index (κ3) is 1.58. The second kappa shape index (κ2) is 3.62. The van der Waals surface area contributed by atoms with Gasteiger partial charge < -0.3 is 9.52 Å². The molecule has 0 saturated heterocycles. The predicted octanol–water partition coefficient (Wildman–Crippen LogP) is 1.82. The zero-order chi connectivity index (χ0) is 11.7. The fraction of sp³-hybridized carbons (Fsp3) is 0. The van der Waals surface area contributed by atoms with E-state index in [1.165, 1.54) is 12.1 Å². The molecule has 0 unspecified atom stereocenters. The molecule has 0 radical (unpaired) electrons. The second-order valence-corrected chi connectivity index (χ2v) is 3.13. The van der Waals surface area contributed by atoms with Gasteiger partial charge in [0, 0.05) is 11.5 Å². The Hall–Kier alpha value is -2.43. The van der Waals surface area contributed by atoms with Crippen LogP contribution < -0.4 is 5.63 Å². The van der Waals surface area contributed by atoms with Gasteiger partial charge in [0.05, 0.1) is 5.69 Å². The van der Waals surface area contributed by atoms with Crippen LogP contribution >= 0.6 is 0 Å². The van der Waals surface area contributed by atoms with E-state index in [9.17, 15) is 9.59 Å². The number of benzene rings is 1. The molecular formula is C11H7NO4. The lowest BCUT2D eigenvalue weighted by Crippen LogP contribution is -2.12. The van der Waals surface area contributed by atoms with Crippen molar-refractivity contribution in [3.05, 3.63) is 40.2 Å². The SMILES string of the molecule is C=Nc1ccc2cc(C(=O)O)c(=O)oc2c1. The molecule has 16 heavy (non-hydrogen) atoms. The number of rotatable bonds is 2. The molecular weight excluding hydrogens is 210 g/mol. The Kier molecular flexibility index (Phi) is 2.28. The summed E-state index contributed by atoms with van der Waals surface area (Å²) in [7, 11) is 0. The van der Waals surface area contributed by atoms with E-state index in [4.69, 9.17) is 9.52 Å². The molecule has 0 atom stereocenters. The molecule has 5 nitrogen and oxygen atoms in total. The largest absolute Gasteiger partial charge is 0.477 e. The van der Waals surface area contributed by atoms with Gasteiger partial charge in [-0.05, 0) is 24.9 Å². The maximum absolute atomic E-state index is 11.3. The van der Waals surface area contributed by atoms with Crippen LogP contribution in [0.3, 0.4) is 0 Å². The topological polar surface area (TPSA) is 79.9 Å². The highest BCUT2D eigenvalue weighted by atomic mass is 16.4. The highest BCUT2D eigenvalue weighted by Gasteiger charge is 2.11. The van der Waals surface area contributed by atoms with Crippen LogP contribution in [0.1, 0.15) is 10.4 Å². The van der Waals surface area contributed by atoms with E-state index in [1.54, 1.807) is 12.1 Å². The summed E-state index contributed by atoms with van der Waals surface area (Å²) in [5.74, 6) is -1.30. The predicted molar refractivity (Wildman–Crippen MR) is 58.7 cm³/mol. The maximum Gasteiger partial charge on any atom is 0.351 e. The molecule has 0 spiro atoms. The minimum Gasteiger partial charge on any atom is -0.477 e. The van der Waals surface area contributed by atoms with Crippen molar-refractivity contribution in [2.24, 2.45) is 4.99 Å². The summed E-state index contributed by atoms with van der Waals surface area (Å²) in [6.45, 7) is 3.34. The lowest BCUT2D eigenvalue weighted by Gasteiger charge is -1.99. The molecule has 0 amide bonds. The average molecular weight is 217 g/mol. The summed E-state index contributed by atoms with van der Waals surface area (Å²) >= 11 is 0. The number of fused-ring (bicyclic) bond motifs is 1. The van der Waals surface area contributed by atoms with E-state index >= 15 is 0 Å². The van der Waals surface area contributed by atoms with Gasteiger partial charge in [0.15, 0.2) is 0 Å². The normalized spacial score (nSPS) is 10.2. The van der Waals surface area contributed by atoms with Crippen LogP contribution in [0.25, 0.3) is 11.0 Å². The van der Waals surface area contributed by atoms with Gasteiger partial charge in [-0.15, -0.1) is 0 Å². The number of carboxylic acid groups (broad SMARTS) is 1. The zero-order valence-corrected chi connectivity index (χ0v) is 8.14. The van der Waals surface area contributed by atoms with Crippen molar-refractivity contribution in [3.63, 3.8) is 0 Å². The molecule has 0 aliphatic rings. The van der Waals surface area contributed by atoms with E-state index < -0.39 is 11.6 Å². The molecule has 2 aromatic rings. The van der Waals surface area contributed by atoms with Crippen molar-refractivity contribution in [2.75, 3.05) is 0 Å². The van der Waals surface area contributed by atoms with Crippen molar-refractivity contribution >= 4 is 29.3 Å². The van der Waals surface area contributed by atoms with Gasteiger partial charge in [-0.1, -0.05) is 0 Å². The highest BCUT2D eigenvalue weighted by Crippen LogP contribution is 2.20. The van der Waals surface area contributed by atoms with E-state index in [0.717, 1.165) is 0 Å². The van der Waals surface area contributed by atoms with Crippen LogP contribution in [0.15, 0.2) is 38.5 Å². The molecule has 1 aromatic heterocycles. The van der Waals surface area contributed by atoms with Crippen LogP contribution in [0.4, 0.5) is 5.69 Å². The molecule has 5 heteroatoms. The number of nitrogens with zero attached hydrogens (tertiary/aromatic N) is 1. The molecule has 0 saturated carbocycles. The fourth-order valence-corrected chi connectivity index (χ4v) is 1.35. The standard InChI is InChI=1S/C11H7NO4/c1-12-7-3-2-6-4-8(10(13)14)11(15)16-9(6)5-7/h2-5H,1H2,(H,13,14). The molecule has 0 bridgehead atoms. The van der Waals surface area contributed by atoms with Gasteiger partial charge in [0.2, 0.25) is 0 Å². The molecule has 80 valence electrons. The third-order valence-electron chi connectivity index (χ3n) is 2.13. The van der Waals surface area contributed by atoms with E-state index in [0.29, 0.717) is 16.7 Å². The first-order valence-electron chi connectivity index (χ1n) is 4.40. The van der Waals surface area contributed by atoms with E-state index in [-0.39, 0.29) is 5.56 Å². The first kappa shape index (κ1) is 10.1. The molecule has 1 aromatic carbocycles. The smallest absolute Gasteiger partial charge is 0.351 e. The lowest BCUT2D eigenvalue weighted by molar-refractivity contribution is 0.0692. The van der Waals surface area contributed by atoms with Gasteiger partial charge in [-0.2, -0.15) is 0 Å². The van der Waals surface area contributed by atoms with Gasteiger partial charge in [0.1, 0.15) is 11.1 Å². The van der Waals surface area contributed by atoms with E-state index in [2.05, 4.69) is 11.7 Å². The Bertz CT molecular complexity index is 642. The van der Waals surface area contributed by atoms with Gasteiger partial charge >= 0.3 is 11.6 Å². The third-order valence-corrected chi connectivity index (χ3v) is 2.13. The monoisotopic (exact) mass is 217 g/mol. The second-order valence-electron chi connectivity index (χ2n) is 3.13. The number of hydrogen-bond acceptors (Lipinski definition) is 4. The summed E-state index contributed by atoms with van der Waals surface area (Å²) in [6, 6.07) is 6.07. The summed E-state index contributed by atoms with van der Waals surface area (Å²) in [6.07, 6.45) is 0. The minimum atomic E-state index is -1.30. The minimum absolute atomic E-state index is 0.292. The Labute approximate surface area is 89.7 Å². The van der Waals surface area contributed by atoms with Crippen LogP contribution in [0.5, 0.6) is 0 Å². The molecule has 2 rings (SSSR count). The van der Waals surface area contributed by atoms with Gasteiger partial charge in [-0.3, -0.25) is 4.99 Å². The van der Waals surface area contributed by atoms with Crippen LogP contribution in [0.2, 0.25) is 0 Å². The number of carbonyl (C=O) groups is 1. The van der Waals surface area contributed by atoms with Crippen LogP contribution in [0, 0.1) is 0 Å². The van der Waals surface area contributed by atoms with Crippen molar-refractivity contribution in [1.29, 1.82) is 0 Å². The van der Waals surface area contributed by atoms with Gasteiger partial charge in [-0.25, -0.2) is 9.59 Å². The zero-order valence-electron chi connectivity index (χ0n) is 8.14.